The lowest BCUT2D eigenvalue weighted by atomic mass is 9.65. The number of benzene rings is 2. The van der Waals surface area contributed by atoms with Crippen LogP contribution in [0.4, 0.5) is 41.2 Å². The standard InChI is InChI=1S/C30H38F4N4O3.C2HF3O2/c1-37-14-10-21(11-15-37)38-16-13-29(19-7-8-24(40-2)25(17-19)41-3)12-9-20(18-26(29)38)35-28(39)36-23-6-4-5-22(27(23)31)30(32,33)34;3-2(4,5)1(6)7/h4-8,17,20-21,26H,9-16,18H2,1-3H3,(H2,35,36,39);(H,6,7)/t20-,26+,29+;/m1./s1. The molecule has 2 aliphatic heterocycles. The van der Waals surface area contributed by atoms with Crippen molar-refractivity contribution in [2.45, 2.75) is 74.4 Å². The Hall–Kier alpha value is -3.79. The third-order valence-electron chi connectivity index (χ3n) is 9.55. The van der Waals surface area contributed by atoms with Crippen LogP contribution >= 0.6 is 0 Å². The van der Waals surface area contributed by atoms with Gasteiger partial charge in [0.2, 0.25) is 0 Å². The normalized spacial score (nSPS) is 23.8. The van der Waals surface area contributed by atoms with Crippen LogP contribution in [0.2, 0.25) is 0 Å². The third kappa shape index (κ3) is 8.25. The van der Waals surface area contributed by atoms with E-state index in [1.165, 1.54) is 5.56 Å². The molecule has 2 heterocycles. The summed E-state index contributed by atoms with van der Waals surface area (Å²) in [5.74, 6) is -2.90. The van der Waals surface area contributed by atoms with Crippen molar-refractivity contribution in [3.05, 3.63) is 53.3 Å². The molecule has 2 saturated heterocycles. The number of hydrogen-bond acceptors (Lipinski definition) is 6. The van der Waals surface area contributed by atoms with Gasteiger partial charge in [0.1, 0.15) is 0 Å². The van der Waals surface area contributed by atoms with Crippen molar-refractivity contribution in [3.8, 4) is 11.5 Å². The lowest BCUT2D eigenvalue weighted by molar-refractivity contribution is -0.192. The largest absolute Gasteiger partial charge is 0.493 e. The van der Waals surface area contributed by atoms with E-state index in [0.717, 1.165) is 57.5 Å². The highest BCUT2D eigenvalue weighted by Crippen LogP contribution is 2.51. The Morgan fingerprint density at radius 3 is 2.17 bits per heavy atom. The first-order chi connectivity index (χ1) is 22.5. The fraction of sp³-hybridized carbons (Fsp3) is 0.562. The summed E-state index contributed by atoms with van der Waals surface area (Å²) in [5, 5.41) is 12.4. The molecule has 0 unspecified atom stereocenters. The Morgan fingerprint density at radius 2 is 1.58 bits per heavy atom. The van der Waals surface area contributed by atoms with Crippen molar-refractivity contribution >= 4 is 17.7 Å². The van der Waals surface area contributed by atoms with E-state index in [0.29, 0.717) is 36.4 Å². The number of amides is 2. The summed E-state index contributed by atoms with van der Waals surface area (Å²) in [4.78, 5) is 26.7. The second-order valence-electron chi connectivity index (χ2n) is 12.3. The number of carbonyl (C=O) groups excluding carboxylic acids is 1. The van der Waals surface area contributed by atoms with E-state index in [1.54, 1.807) is 14.2 Å². The lowest BCUT2D eigenvalue weighted by Gasteiger charge is -2.48. The third-order valence-corrected chi connectivity index (χ3v) is 9.55. The van der Waals surface area contributed by atoms with Gasteiger partial charge in [-0.25, -0.2) is 14.0 Å². The van der Waals surface area contributed by atoms with Crippen molar-refractivity contribution < 1.29 is 54.9 Å². The van der Waals surface area contributed by atoms with Crippen LogP contribution in [0.5, 0.6) is 11.5 Å². The van der Waals surface area contributed by atoms with E-state index in [1.807, 2.05) is 6.07 Å². The first-order valence-electron chi connectivity index (χ1n) is 15.4. The number of carboxylic acids is 1. The fourth-order valence-corrected chi connectivity index (χ4v) is 7.15. The Morgan fingerprint density at radius 1 is 0.938 bits per heavy atom. The molecule has 2 aromatic rings. The molecule has 1 aliphatic carbocycles. The number of halogens is 7. The van der Waals surface area contributed by atoms with Crippen LogP contribution in [-0.4, -0.2) is 92.1 Å². The average Bonchev–Trinajstić information content (AvgIpc) is 3.41. The van der Waals surface area contributed by atoms with Crippen LogP contribution in [0.1, 0.15) is 49.7 Å². The molecule has 0 spiro atoms. The number of nitrogens with zero attached hydrogens (tertiary/aromatic N) is 2. The van der Waals surface area contributed by atoms with Gasteiger partial charge in [0, 0.05) is 23.5 Å². The zero-order valence-corrected chi connectivity index (χ0v) is 26.7. The van der Waals surface area contributed by atoms with Gasteiger partial charge in [0.25, 0.3) is 0 Å². The van der Waals surface area contributed by atoms with Gasteiger partial charge in [0.05, 0.1) is 25.5 Å². The molecular weight excluding hydrogens is 653 g/mol. The van der Waals surface area contributed by atoms with E-state index >= 15 is 0 Å². The predicted molar refractivity (Wildman–Crippen MR) is 162 cm³/mol. The molecule has 48 heavy (non-hydrogen) atoms. The molecule has 3 N–H and O–H groups in total. The number of rotatable bonds is 6. The first-order valence-corrected chi connectivity index (χ1v) is 15.4. The lowest BCUT2D eigenvalue weighted by Crippen LogP contribution is -2.56. The van der Waals surface area contributed by atoms with Gasteiger partial charge in [-0.1, -0.05) is 12.1 Å². The van der Waals surface area contributed by atoms with Crippen LogP contribution in [0.15, 0.2) is 36.4 Å². The highest BCUT2D eigenvalue weighted by atomic mass is 19.4. The van der Waals surface area contributed by atoms with E-state index in [-0.39, 0.29) is 17.5 Å². The molecule has 3 atom stereocenters. The number of carboxylic acid groups (broad SMARTS) is 1. The van der Waals surface area contributed by atoms with Crippen molar-refractivity contribution in [2.24, 2.45) is 0 Å². The number of hydrogen-bond donors (Lipinski definition) is 3. The fourth-order valence-electron chi connectivity index (χ4n) is 7.15. The van der Waals surface area contributed by atoms with Gasteiger partial charge >= 0.3 is 24.4 Å². The maximum atomic E-state index is 14.5. The van der Waals surface area contributed by atoms with Crippen molar-refractivity contribution in [1.82, 2.24) is 15.1 Å². The van der Waals surface area contributed by atoms with Crippen molar-refractivity contribution in [2.75, 3.05) is 46.2 Å². The SMILES string of the molecule is COc1ccc([C@@]23CC[C@@H](NC(=O)Nc4cccc(C(F)(F)F)c4F)C[C@@H]2N(C2CCN(C)CC2)CC3)cc1OC.O=C(O)C(F)(F)F. The number of aliphatic carboxylic acids is 1. The highest BCUT2D eigenvalue weighted by Gasteiger charge is 2.53. The van der Waals surface area contributed by atoms with E-state index in [4.69, 9.17) is 19.4 Å². The van der Waals surface area contributed by atoms with Gasteiger partial charge in [-0.3, -0.25) is 4.90 Å². The minimum atomic E-state index is -5.08. The van der Waals surface area contributed by atoms with Gasteiger partial charge in [-0.05, 0) is 95.0 Å². The summed E-state index contributed by atoms with van der Waals surface area (Å²) in [6, 6.07) is 8.66. The number of methoxy groups -OCH3 is 2. The molecule has 2 aromatic carbocycles. The quantitative estimate of drug-likeness (QED) is 0.307. The summed E-state index contributed by atoms with van der Waals surface area (Å²) in [7, 11) is 5.38. The molecule has 266 valence electrons. The van der Waals surface area contributed by atoms with Crippen molar-refractivity contribution in [1.29, 1.82) is 0 Å². The van der Waals surface area contributed by atoms with E-state index in [2.05, 4.69) is 39.6 Å². The number of fused-ring (bicyclic) bond motifs is 1. The van der Waals surface area contributed by atoms with E-state index in [9.17, 15) is 35.5 Å². The molecule has 2 amide bonds. The monoisotopic (exact) mass is 692 g/mol. The number of anilines is 1. The minimum Gasteiger partial charge on any atom is -0.493 e. The molecule has 9 nitrogen and oxygen atoms in total. The summed E-state index contributed by atoms with van der Waals surface area (Å²) in [6.45, 7) is 3.01. The molecule has 0 aromatic heterocycles. The molecular formula is C32H39F7N4O5. The molecule has 5 rings (SSSR count). The topological polar surface area (TPSA) is 103 Å². The van der Waals surface area contributed by atoms with E-state index < -0.39 is 41.4 Å². The number of alkyl halides is 6. The van der Waals surface area contributed by atoms with Gasteiger partial charge in [0.15, 0.2) is 17.3 Å². The van der Waals surface area contributed by atoms with Crippen LogP contribution in [0, 0.1) is 5.82 Å². The molecule has 0 bridgehead atoms. The van der Waals surface area contributed by atoms with Crippen LogP contribution in [0.3, 0.4) is 0 Å². The number of likely N-dealkylation sites (tertiary alicyclic amines) is 2. The second-order valence-corrected chi connectivity index (χ2v) is 12.3. The smallest absolute Gasteiger partial charge is 0.490 e. The molecule has 0 radical (unpaired) electrons. The van der Waals surface area contributed by atoms with Gasteiger partial charge < -0.3 is 30.1 Å². The second kappa shape index (κ2) is 14.8. The highest BCUT2D eigenvalue weighted by molar-refractivity contribution is 5.89. The molecule has 3 aliphatic rings. The zero-order valence-electron chi connectivity index (χ0n) is 26.7. The number of ether oxygens (including phenoxy) is 2. The van der Waals surface area contributed by atoms with Crippen LogP contribution in [-0.2, 0) is 16.4 Å². The Balaban J connectivity index is 0.000000671. The summed E-state index contributed by atoms with van der Waals surface area (Å²) < 4.78 is 96.8. The predicted octanol–water partition coefficient (Wildman–Crippen LogP) is 6.28. The van der Waals surface area contributed by atoms with Crippen LogP contribution in [0.25, 0.3) is 0 Å². The minimum absolute atomic E-state index is 0.134. The Kier molecular flexibility index (Phi) is 11.4. The summed E-state index contributed by atoms with van der Waals surface area (Å²) in [5.41, 5.74) is -0.858. The molecule has 3 fully saturated rings. The first kappa shape index (κ1) is 37.0. The summed E-state index contributed by atoms with van der Waals surface area (Å²) >= 11 is 0. The molecule has 16 heteroatoms. The number of urea groups is 1. The Bertz CT molecular complexity index is 1450. The maximum absolute atomic E-state index is 14.5. The maximum Gasteiger partial charge on any atom is 0.490 e. The van der Waals surface area contributed by atoms with Gasteiger partial charge in [-0.15, -0.1) is 0 Å². The zero-order chi connectivity index (χ0) is 35.4. The van der Waals surface area contributed by atoms with Crippen molar-refractivity contribution in [3.63, 3.8) is 0 Å². The Labute approximate surface area is 273 Å². The number of piperidine rings is 1. The summed E-state index contributed by atoms with van der Waals surface area (Å²) in [6.07, 6.45) is -4.63. The van der Waals surface area contributed by atoms with Gasteiger partial charge in [-0.2, -0.15) is 26.3 Å². The number of carbonyl (C=O) groups is 2. The van der Waals surface area contributed by atoms with Crippen LogP contribution < -0.4 is 20.1 Å². The number of nitrogens with one attached hydrogen (secondary N) is 2. The molecule has 1 saturated carbocycles. The average molecular weight is 693 g/mol.